The molecule has 0 aliphatic carbocycles. The molecule has 1 aliphatic rings. The van der Waals surface area contributed by atoms with E-state index in [2.05, 4.69) is 16.8 Å². The van der Waals surface area contributed by atoms with E-state index in [4.69, 9.17) is 18.9 Å². The van der Waals surface area contributed by atoms with Crippen LogP contribution in [0.1, 0.15) is 15.9 Å². The highest BCUT2D eigenvalue weighted by molar-refractivity contribution is 5.29. The van der Waals surface area contributed by atoms with E-state index in [1.807, 2.05) is 0 Å². The van der Waals surface area contributed by atoms with Crippen LogP contribution in [0.4, 0.5) is 10.2 Å². The minimum absolute atomic E-state index is 0.602. The van der Waals surface area contributed by atoms with Crippen molar-refractivity contribution in [3.05, 3.63) is 22.5 Å². The number of hydrogen-bond acceptors (Lipinski definition) is 7. The lowest BCUT2D eigenvalue weighted by atomic mass is 9.91. The Morgan fingerprint density at radius 2 is 2.43 bits per heavy atom. The third-order valence-corrected chi connectivity index (χ3v) is 3.12. The number of halogens is 1. The fourth-order valence-corrected chi connectivity index (χ4v) is 2.10. The Morgan fingerprint density at radius 1 is 1.76 bits per heavy atom. The van der Waals surface area contributed by atoms with Crippen molar-refractivity contribution in [1.29, 1.82) is 0 Å². The number of aliphatic hydroxyl groups is 2. The Morgan fingerprint density at radius 3 is 3.00 bits per heavy atom. The molecule has 114 valence electrons. The van der Waals surface area contributed by atoms with Gasteiger partial charge >= 0.3 is 5.69 Å². The fraction of sp³-hybridized carbons (Fsp3) is 0.500. The normalized spacial score (nSPS) is 33.9. The van der Waals surface area contributed by atoms with Crippen LogP contribution in [0.5, 0.6) is 0 Å². The Balaban J connectivity index is 2.62. The predicted octanol–water partition coefficient (Wildman–Crippen LogP) is -2.06. The molecule has 1 aromatic heterocycles. The first kappa shape index (κ1) is 12.7. The van der Waals surface area contributed by atoms with Crippen molar-refractivity contribution in [2.75, 3.05) is 12.3 Å². The minimum Gasteiger partial charge on any atom is -0.394 e. The van der Waals surface area contributed by atoms with Crippen LogP contribution in [0.15, 0.2) is 11.0 Å². The topological polar surface area (TPSA) is 137 Å². The summed E-state index contributed by atoms with van der Waals surface area (Å²) in [5.41, 5.74) is 8.14. The van der Waals surface area contributed by atoms with E-state index in [0.29, 0.717) is 10.8 Å². The first-order valence-corrected chi connectivity index (χ1v) is 5.85. The van der Waals surface area contributed by atoms with Gasteiger partial charge in [-0.1, -0.05) is 5.92 Å². The van der Waals surface area contributed by atoms with Crippen molar-refractivity contribution in [3.8, 4) is 11.8 Å². The van der Waals surface area contributed by atoms with Crippen LogP contribution in [0.2, 0.25) is 0 Å². The van der Waals surface area contributed by atoms with E-state index >= 15 is 0 Å². The molecule has 0 saturated carbocycles. The van der Waals surface area contributed by atoms with Gasteiger partial charge in [0.05, 0.1) is 15.5 Å². The monoisotopic (exact) mass is 300 g/mol. The van der Waals surface area contributed by atoms with Crippen molar-refractivity contribution >= 4 is 5.82 Å². The van der Waals surface area contributed by atoms with E-state index in [1.165, 1.54) is 6.92 Å². The summed E-state index contributed by atoms with van der Waals surface area (Å²) < 4.78 is 34.0. The molecule has 1 saturated heterocycles. The molecule has 4 atom stereocenters. The van der Waals surface area contributed by atoms with E-state index in [1.54, 1.807) is 0 Å². The van der Waals surface area contributed by atoms with Crippen LogP contribution in [-0.4, -0.2) is 44.1 Å². The number of nitrogens with zero attached hydrogens (tertiary/aromatic N) is 2. The predicted molar refractivity (Wildman–Crippen MR) is 70.2 cm³/mol. The van der Waals surface area contributed by atoms with Crippen LogP contribution >= 0.6 is 0 Å². The van der Waals surface area contributed by atoms with Crippen LogP contribution < -0.4 is 17.2 Å². The lowest BCUT2D eigenvalue weighted by Gasteiger charge is -2.27. The van der Waals surface area contributed by atoms with Gasteiger partial charge in [-0.25, -0.2) is 9.18 Å². The highest BCUT2D eigenvalue weighted by Crippen LogP contribution is 2.35. The highest BCUT2D eigenvalue weighted by atomic mass is 19.1. The van der Waals surface area contributed by atoms with Crippen LogP contribution in [0.3, 0.4) is 0 Å². The smallest absolute Gasteiger partial charge is 0.351 e. The molecule has 0 aromatic carbocycles. The number of anilines is 1. The third-order valence-electron chi connectivity index (χ3n) is 3.12. The summed E-state index contributed by atoms with van der Waals surface area (Å²) in [7, 11) is 0. The summed E-state index contributed by atoms with van der Waals surface area (Å²) in [5, 5.41) is 19.7. The van der Waals surface area contributed by atoms with E-state index in [0.717, 1.165) is 0 Å². The molecule has 0 radical (unpaired) electrons. The Hall–Kier alpha value is -1.99. The number of aromatic nitrogens is 2. The lowest BCUT2D eigenvalue weighted by Crippen LogP contribution is -2.55. The van der Waals surface area contributed by atoms with Gasteiger partial charge < -0.3 is 26.4 Å². The molecule has 21 heavy (non-hydrogen) atoms. The molecule has 1 unspecified atom stereocenters. The maximum Gasteiger partial charge on any atom is 0.351 e. The van der Waals surface area contributed by atoms with Crippen LogP contribution in [0.25, 0.3) is 0 Å². The summed E-state index contributed by atoms with van der Waals surface area (Å²) in [5.74, 6) is 3.17. The molecule has 0 bridgehead atoms. The summed E-state index contributed by atoms with van der Waals surface area (Å²) in [6.45, 7) is -1.58. The van der Waals surface area contributed by atoms with Gasteiger partial charge in [0.25, 0.3) is 0 Å². The molecule has 2 rings (SSSR count). The molecular weight excluding hydrogens is 283 g/mol. The second kappa shape index (κ2) is 5.42. The zero-order chi connectivity index (χ0) is 17.6. The maximum absolute atomic E-state index is 13.6. The molecule has 1 aliphatic heterocycles. The molecule has 1 aromatic rings. The van der Waals surface area contributed by atoms with Gasteiger partial charge in [-0.15, -0.1) is 5.92 Å². The molecule has 8 nitrogen and oxygen atoms in total. The van der Waals surface area contributed by atoms with Gasteiger partial charge in [-0.2, -0.15) is 4.98 Å². The summed E-state index contributed by atoms with van der Waals surface area (Å²) in [6, 6.07) is 0. The first-order chi connectivity index (χ1) is 10.5. The second-order valence-corrected chi connectivity index (χ2v) is 4.45. The zero-order valence-electron chi connectivity index (χ0n) is 12.9. The molecule has 6 N–H and O–H groups in total. The van der Waals surface area contributed by atoms with E-state index in [9.17, 15) is 19.4 Å². The molecule has 0 spiro atoms. The van der Waals surface area contributed by atoms with Gasteiger partial charge in [-0.3, -0.25) is 4.57 Å². The van der Waals surface area contributed by atoms with Gasteiger partial charge in [0, 0.05) is 0 Å². The van der Waals surface area contributed by atoms with Crippen LogP contribution in [0, 0.1) is 17.7 Å². The Labute approximate surface area is 122 Å². The highest BCUT2D eigenvalue weighted by Gasteiger charge is 2.54. The van der Waals surface area contributed by atoms with Crippen LogP contribution in [-0.2, 0) is 4.74 Å². The number of aliphatic hydroxyl groups excluding tert-OH is 1. The van der Waals surface area contributed by atoms with Gasteiger partial charge in [-0.05, 0) is 6.92 Å². The first-order valence-electron chi connectivity index (χ1n) is 6.85. The van der Waals surface area contributed by atoms with Gasteiger partial charge in [0.2, 0.25) is 0 Å². The molecule has 1 fully saturated rings. The number of rotatable bonds is 2. The molecule has 0 amide bonds. The summed E-state index contributed by atoms with van der Waals surface area (Å²) in [6.07, 6.45) is -4.54. The van der Waals surface area contributed by atoms with E-state index in [-0.39, 0.29) is 0 Å². The maximum atomic E-state index is 13.6. The third kappa shape index (κ3) is 2.38. The largest absolute Gasteiger partial charge is 0.394 e. The number of nitrogens with two attached hydrogens (primary N) is 2. The fourth-order valence-electron chi connectivity index (χ4n) is 2.10. The van der Waals surface area contributed by atoms with Gasteiger partial charge in [0.15, 0.2) is 23.4 Å². The standard InChI is InChI=1S/C12H15FN4O4/c1-2-3-12(15)8(19)7(5-18)21-10(12)17-4-6(13)9(14)16-11(17)20/h4,7-8,10,18-19H,5,15H2,1H3,(H2,14,16,20)/t7-,8+,10-,12?/m1/s1/i5D2. The lowest BCUT2D eigenvalue weighted by molar-refractivity contribution is -0.0479. The van der Waals surface area contributed by atoms with Crippen molar-refractivity contribution in [2.24, 2.45) is 5.73 Å². The molecule has 2 heterocycles. The van der Waals surface area contributed by atoms with E-state index < -0.39 is 47.9 Å². The quantitative estimate of drug-likeness (QED) is 0.461. The van der Waals surface area contributed by atoms with Gasteiger partial charge in [0.1, 0.15) is 12.2 Å². The summed E-state index contributed by atoms with van der Waals surface area (Å²) in [4.78, 5) is 15.2. The van der Waals surface area contributed by atoms with Crippen molar-refractivity contribution in [3.63, 3.8) is 0 Å². The van der Waals surface area contributed by atoms with Crippen molar-refractivity contribution in [2.45, 2.75) is 30.9 Å². The molecule has 9 heteroatoms. The second-order valence-electron chi connectivity index (χ2n) is 4.45. The Bertz CT molecular complexity index is 741. The number of hydrogen-bond donors (Lipinski definition) is 4. The molecular formula is C12H15FN4O4. The number of ether oxygens (including phenoxy) is 1. The summed E-state index contributed by atoms with van der Waals surface area (Å²) >= 11 is 0. The number of nitrogen functional groups attached to an aromatic ring is 1. The zero-order valence-corrected chi connectivity index (χ0v) is 10.9. The van der Waals surface area contributed by atoms with Crippen molar-refractivity contribution in [1.82, 2.24) is 9.55 Å². The van der Waals surface area contributed by atoms with Crippen molar-refractivity contribution < 1.29 is 22.1 Å². The average molecular weight is 300 g/mol. The SMILES string of the molecule is [2H]C([2H])(O)[C@H]1O[C@@H](n2cc(F)c(N)nc2=O)C(N)(C#CC)[C@H]1O. The Kier molecular flexibility index (Phi) is 3.28. The minimum atomic E-state index is -2.97. The average Bonchev–Trinajstić information content (AvgIpc) is 2.67.